The number of hydrogen-bond donors (Lipinski definition) is 1. The average Bonchev–Trinajstić information content (AvgIpc) is 2.29. The van der Waals surface area contributed by atoms with E-state index in [2.05, 4.69) is 0 Å². The van der Waals surface area contributed by atoms with Crippen molar-refractivity contribution >= 4 is 11.7 Å². The summed E-state index contributed by atoms with van der Waals surface area (Å²) in [7, 11) is 0. The maximum atomic E-state index is 11.1. The standard InChI is InChI=1S/C13H17NO5/c1-8(2)7-11(13(15)16)19-12-9(3)5-4-6-10(12)14(17)18/h4-6,8,11H,7H2,1-3H3,(H,15,16). The number of hydrogen-bond acceptors (Lipinski definition) is 4. The average molecular weight is 267 g/mol. The fraction of sp³-hybridized carbons (Fsp3) is 0.462. The summed E-state index contributed by atoms with van der Waals surface area (Å²) < 4.78 is 5.37. The first kappa shape index (κ1) is 14.9. The Morgan fingerprint density at radius 3 is 2.58 bits per heavy atom. The van der Waals surface area contributed by atoms with Crippen LogP contribution in [0.2, 0.25) is 0 Å². The maximum absolute atomic E-state index is 11.1. The molecule has 0 fully saturated rings. The molecule has 0 amide bonds. The summed E-state index contributed by atoms with van der Waals surface area (Å²) >= 11 is 0. The number of para-hydroxylation sites is 1. The molecule has 0 aliphatic carbocycles. The highest BCUT2D eigenvalue weighted by atomic mass is 16.6. The minimum Gasteiger partial charge on any atom is -0.479 e. The van der Waals surface area contributed by atoms with Crippen molar-refractivity contribution in [3.05, 3.63) is 33.9 Å². The highest BCUT2D eigenvalue weighted by Gasteiger charge is 2.26. The number of benzene rings is 1. The van der Waals surface area contributed by atoms with Gasteiger partial charge in [0.05, 0.1) is 4.92 Å². The number of carboxylic acid groups (broad SMARTS) is 1. The summed E-state index contributed by atoms with van der Waals surface area (Å²) in [6.07, 6.45) is -0.791. The van der Waals surface area contributed by atoms with Gasteiger partial charge in [0, 0.05) is 6.07 Å². The molecule has 1 unspecified atom stereocenters. The molecule has 1 N–H and O–H groups in total. The lowest BCUT2D eigenvalue weighted by atomic mass is 10.1. The van der Waals surface area contributed by atoms with E-state index in [9.17, 15) is 14.9 Å². The van der Waals surface area contributed by atoms with Gasteiger partial charge in [0.2, 0.25) is 5.75 Å². The zero-order valence-corrected chi connectivity index (χ0v) is 11.1. The second-order valence-electron chi connectivity index (χ2n) is 4.75. The predicted molar refractivity (Wildman–Crippen MR) is 69.3 cm³/mol. The van der Waals surface area contributed by atoms with Crippen molar-refractivity contribution in [2.75, 3.05) is 0 Å². The molecule has 1 atom stereocenters. The monoisotopic (exact) mass is 267 g/mol. The van der Waals surface area contributed by atoms with E-state index in [1.807, 2.05) is 13.8 Å². The molecule has 1 aromatic rings. The number of nitrogens with zero attached hydrogens (tertiary/aromatic N) is 1. The summed E-state index contributed by atoms with van der Waals surface area (Å²) in [5.74, 6) is -0.976. The molecule has 1 aromatic carbocycles. The number of ether oxygens (including phenoxy) is 1. The van der Waals surface area contributed by atoms with Crippen LogP contribution in [-0.4, -0.2) is 22.1 Å². The van der Waals surface area contributed by atoms with Gasteiger partial charge < -0.3 is 9.84 Å². The van der Waals surface area contributed by atoms with Gasteiger partial charge in [-0.05, 0) is 24.8 Å². The van der Waals surface area contributed by atoms with Crippen molar-refractivity contribution in [2.24, 2.45) is 5.92 Å². The third kappa shape index (κ3) is 3.94. The van der Waals surface area contributed by atoms with Gasteiger partial charge in [0.1, 0.15) is 0 Å². The Balaban J connectivity index is 3.08. The van der Waals surface area contributed by atoms with Crippen LogP contribution in [0.4, 0.5) is 5.69 Å². The fourth-order valence-corrected chi connectivity index (χ4v) is 1.70. The number of nitro benzene ring substituents is 1. The topological polar surface area (TPSA) is 89.7 Å². The number of carboxylic acids is 1. The Morgan fingerprint density at radius 2 is 2.11 bits per heavy atom. The van der Waals surface area contributed by atoms with Gasteiger partial charge in [-0.15, -0.1) is 0 Å². The van der Waals surface area contributed by atoms with E-state index in [4.69, 9.17) is 9.84 Å². The van der Waals surface area contributed by atoms with Crippen LogP contribution in [0.15, 0.2) is 18.2 Å². The lowest BCUT2D eigenvalue weighted by Crippen LogP contribution is -2.29. The van der Waals surface area contributed by atoms with E-state index >= 15 is 0 Å². The molecular weight excluding hydrogens is 250 g/mol. The quantitative estimate of drug-likeness (QED) is 0.632. The van der Waals surface area contributed by atoms with Gasteiger partial charge in [-0.3, -0.25) is 10.1 Å². The van der Waals surface area contributed by atoms with Crippen molar-refractivity contribution in [1.82, 2.24) is 0 Å². The Labute approximate surface area is 111 Å². The SMILES string of the molecule is Cc1cccc([N+](=O)[O-])c1OC(CC(C)C)C(=O)O. The van der Waals surface area contributed by atoms with Gasteiger partial charge in [-0.1, -0.05) is 26.0 Å². The summed E-state index contributed by atoms with van der Waals surface area (Å²) in [5, 5.41) is 20.0. The highest BCUT2D eigenvalue weighted by Crippen LogP contribution is 2.31. The number of nitro groups is 1. The number of aryl methyl sites for hydroxylation is 1. The van der Waals surface area contributed by atoms with E-state index in [1.165, 1.54) is 6.07 Å². The van der Waals surface area contributed by atoms with E-state index < -0.39 is 17.0 Å². The number of carbonyl (C=O) groups is 1. The zero-order chi connectivity index (χ0) is 14.6. The molecular formula is C13H17NO5. The lowest BCUT2D eigenvalue weighted by molar-refractivity contribution is -0.386. The van der Waals surface area contributed by atoms with Crippen molar-refractivity contribution in [1.29, 1.82) is 0 Å². The van der Waals surface area contributed by atoms with Crippen LogP contribution >= 0.6 is 0 Å². The van der Waals surface area contributed by atoms with Crippen molar-refractivity contribution in [3.8, 4) is 5.75 Å². The van der Waals surface area contributed by atoms with Crippen LogP contribution in [0.25, 0.3) is 0 Å². The molecule has 0 aliphatic heterocycles. The van der Waals surface area contributed by atoms with Crippen LogP contribution in [0.3, 0.4) is 0 Å². The molecule has 1 rings (SSSR count). The number of rotatable bonds is 6. The molecule has 104 valence electrons. The molecule has 0 aromatic heterocycles. The second kappa shape index (κ2) is 6.17. The normalized spacial score (nSPS) is 12.2. The van der Waals surface area contributed by atoms with E-state index in [1.54, 1.807) is 19.1 Å². The molecule has 0 heterocycles. The Morgan fingerprint density at radius 1 is 1.47 bits per heavy atom. The van der Waals surface area contributed by atoms with Crippen LogP contribution in [0, 0.1) is 23.0 Å². The summed E-state index contributed by atoms with van der Waals surface area (Å²) in [4.78, 5) is 21.5. The predicted octanol–water partition coefficient (Wildman–Crippen LogP) is 2.78. The van der Waals surface area contributed by atoms with Gasteiger partial charge in [-0.2, -0.15) is 0 Å². The number of aliphatic carboxylic acids is 1. The van der Waals surface area contributed by atoms with Crippen molar-refractivity contribution < 1.29 is 19.6 Å². The van der Waals surface area contributed by atoms with E-state index in [0.29, 0.717) is 12.0 Å². The van der Waals surface area contributed by atoms with Crippen LogP contribution < -0.4 is 4.74 Å². The minimum atomic E-state index is -1.12. The van der Waals surface area contributed by atoms with E-state index in [-0.39, 0.29) is 17.4 Å². The maximum Gasteiger partial charge on any atom is 0.344 e. The second-order valence-corrected chi connectivity index (χ2v) is 4.75. The molecule has 19 heavy (non-hydrogen) atoms. The Hall–Kier alpha value is -2.11. The molecule has 0 saturated heterocycles. The molecule has 0 radical (unpaired) electrons. The fourth-order valence-electron chi connectivity index (χ4n) is 1.70. The third-order valence-electron chi connectivity index (χ3n) is 2.61. The molecule has 0 spiro atoms. The summed E-state index contributed by atoms with van der Waals surface area (Å²) in [6.45, 7) is 5.38. The summed E-state index contributed by atoms with van der Waals surface area (Å²) in [5.41, 5.74) is 0.333. The lowest BCUT2D eigenvalue weighted by Gasteiger charge is -2.18. The minimum absolute atomic E-state index is 0.0283. The smallest absolute Gasteiger partial charge is 0.344 e. The first-order valence-corrected chi connectivity index (χ1v) is 5.96. The Kier molecular flexibility index (Phi) is 4.86. The van der Waals surface area contributed by atoms with Gasteiger partial charge in [-0.25, -0.2) is 4.79 Å². The third-order valence-corrected chi connectivity index (χ3v) is 2.61. The zero-order valence-electron chi connectivity index (χ0n) is 11.1. The molecule has 0 aliphatic rings. The van der Waals surface area contributed by atoms with Crippen molar-refractivity contribution in [3.63, 3.8) is 0 Å². The van der Waals surface area contributed by atoms with Crippen LogP contribution in [-0.2, 0) is 4.79 Å². The first-order chi connectivity index (χ1) is 8.82. The van der Waals surface area contributed by atoms with E-state index in [0.717, 1.165) is 0 Å². The van der Waals surface area contributed by atoms with Gasteiger partial charge >= 0.3 is 11.7 Å². The largest absolute Gasteiger partial charge is 0.479 e. The van der Waals surface area contributed by atoms with Crippen LogP contribution in [0.1, 0.15) is 25.8 Å². The Bertz CT molecular complexity index is 484. The molecule has 0 saturated carbocycles. The van der Waals surface area contributed by atoms with Gasteiger partial charge in [0.25, 0.3) is 0 Å². The highest BCUT2D eigenvalue weighted by molar-refractivity contribution is 5.73. The molecule has 6 nitrogen and oxygen atoms in total. The summed E-state index contributed by atoms with van der Waals surface area (Å²) in [6, 6.07) is 4.49. The molecule has 6 heteroatoms. The first-order valence-electron chi connectivity index (χ1n) is 5.96. The van der Waals surface area contributed by atoms with Crippen LogP contribution in [0.5, 0.6) is 5.75 Å². The van der Waals surface area contributed by atoms with Gasteiger partial charge in [0.15, 0.2) is 6.10 Å². The molecule has 0 bridgehead atoms. The van der Waals surface area contributed by atoms with Crippen molar-refractivity contribution in [2.45, 2.75) is 33.3 Å².